The van der Waals surface area contributed by atoms with E-state index in [1.54, 1.807) is 0 Å². The van der Waals surface area contributed by atoms with E-state index < -0.39 is 44.7 Å². The third-order valence-electron chi connectivity index (χ3n) is 6.72. The van der Waals surface area contributed by atoms with E-state index in [-0.39, 0.29) is 43.9 Å². The van der Waals surface area contributed by atoms with Crippen LogP contribution < -0.4 is 9.64 Å². The number of piperidine rings is 1. The second-order valence-corrected chi connectivity index (χ2v) is 10.8. The number of benzene rings is 2. The first-order chi connectivity index (χ1) is 17.1. The first kappa shape index (κ1) is 27.2. The van der Waals surface area contributed by atoms with Gasteiger partial charge in [0.2, 0.25) is 15.9 Å². The number of halogens is 6. The van der Waals surface area contributed by atoms with Gasteiger partial charge < -0.3 is 14.7 Å². The zero-order chi connectivity index (χ0) is 27.2. The van der Waals surface area contributed by atoms with E-state index >= 15 is 0 Å². The van der Waals surface area contributed by atoms with E-state index in [0.717, 1.165) is 28.6 Å². The van der Waals surface area contributed by atoms with Crippen molar-refractivity contribution in [1.82, 2.24) is 4.31 Å². The lowest BCUT2D eigenvalue weighted by atomic mass is 9.77. The molecule has 37 heavy (non-hydrogen) atoms. The van der Waals surface area contributed by atoms with Gasteiger partial charge in [0, 0.05) is 25.3 Å². The van der Waals surface area contributed by atoms with Crippen LogP contribution in [-0.4, -0.2) is 55.9 Å². The molecule has 0 radical (unpaired) electrons. The summed E-state index contributed by atoms with van der Waals surface area (Å²) in [6, 6.07) is 9.19. The Morgan fingerprint density at radius 1 is 0.892 bits per heavy atom. The molecule has 2 heterocycles. The maximum Gasteiger partial charge on any atom is 0.573 e. The lowest BCUT2D eigenvalue weighted by Crippen LogP contribution is -2.46. The Balaban J connectivity index is 1.47. The minimum Gasteiger partial charge on any atom is -0.404 e. The number of alkyl halides is 6. The number of carbonyl (C=O) groups excluding carboxylic acids is 1. The van der Waals surface area contributed by atoms with Crippen LogP contribution in [0.2, 0.25) is 0 Å². The SMILES string of the molecule is O=C1N(c2ccc(C(O)C(F)(F)F)cc2)CCC12CCN(S(=O)(=O)c1ccccc1OC(F)(F)F)CC2. The molecular formula is C23H22F6N2O5S. The third-order valence-corrected chi connectivity index (χ3v) is 8.65. The molecule has 0 aromatic heterocycles. The molecule has 0 saturated carbocycles. The van der Waals surface area contributed by atoms with Crippen molar-refractivity contribution in [1.29, 1.82) is 0 Å². The molecule has 14 heteroatoms. The van der Waals surface area contributed by atoms with Gasteiger partial charge in [0.05, 0.1) is 5.41 Å². The molecule has 1 unspecified atom stereocenters. The van der Waals surface area contributed by atoms with Crippen molar-refractivity contribution in [3.05, 3.63) is 54.1 Å². The second kappa shape index (κ2) is 9.48. The topological polar surface area (TPSA) is 87.2 Å². The second-order valence-electron chi connectivity index (χ2n) is 8.92. The minimum absolute atomic E-state index is 0.112. The first-order valence-corrected chi connectivity index (χ1v) is 12.6. The van der Waals surface area contributed by atoms with E-state index in [0.29, 0.717) is 12.1 Å². The van der Waals surface area contributed by atoms with Gasteiger partial charge in [-0.15, -0.1) is 13.2 Å². The number of carbonyl (C=O) groups is 1. The van der Waals surface area contributed by atoms with Crippen molar-refractivity contribution in [2.24, 2.45) is 5.41 Å². The molecule has 1 spiro atoms. The fraction of sp³-hybridized carbons (Fsp3) is 0.435. The molecule has 0 bridgehead atoms. The zero-order valence-corrected chi connectivity index (χ0v) is 19.9. The summed E-state index contributed by atoms with van der Waals surface area (Å²) in [4.78, 5) is 14.0. The third kappa shape index (κ3) is 5.41. The van der Waals surface area contributed by atoms with Crippen molar-refractivity contribution in [3.8, 4) is 5.75 Å². The van der Waals surface area contributed by atoms with E-state index in [1.807, 2.05) is 0 Å². The van der Waals surface area contributed by atoms with Crippen molar-refractivity contribution < 1.29 is 49.4 Å². The van der Waals surface area contributed by atoms with Gasteiger partial charge in [-0.2, -0.15) is 17.5 Å². The maximum atomic E-state index is 13.3. The van der Waals surface area contributed by atoms with E-state index in [4.69, 9.17) is 0 Å². The monoisotopic (exact) mass is 552 g/mol. The number of aliphatic hydroxyl groups is 1. The van der Waals surface area contributed by atoms with Crippen molar-refractivity contribution >= 4 is 21.6 Å². The molecule has 2 fully saturated rings. The number of aliphatic hydroxyl groups excluding tert-OH is 1. The normalized spacial score (nSPS) is 19.9. The van der Waals surface area contributed by atoms with Crippen molar-refractivity contribution in [2.45, 2.75) is 42.8 Å². The van der Waals surface area contributed by atoms with Crippen LogP contribution in [0.4, 0.5) is 32.0 Å². The molecule has 7 nitrogen and oxygen atoms in total. The minimum atomic E-state index is -5.08. The summed E-state index contributed by atoms with van der Waals surface area (Å²) in [5, 5.41) is 9.39. The summed E-state index contributed by atoms with van der Waals surface area (Å²) < 4.78 is 108. The Kier molecular flexibility index (Phi) is 6.97. The number of ether oxygens (including phenoxy) is 1. The summed E-state index contributed by atoms with van der Waals surface area (Å²) in [6.07, 6.45) is -12.0. The van der Waals surface area contributed by atoms with Gasteiger partial charge in [-0.3, -0.25) is 4.79 Å². The molecular weight excluding hydrogens is 530 g/mol. The first-order valence-electron chi connectivity index (χ1n) is 11.2. The highest BCUT2D eigenvalue weighted by atomic mass is 32.2. The molecule has 1 atom stereocenters. The summed E-state index contributed by atoms with van der Waals surface area (Å²) in [5.41, 5.74) is -0.933. The van der Waals surface area contributed by atoms with Crippen LogP contribution in [0.5, 0.6) is 5.75 Å². The molecule has 0 aliphatic carbocycles. The predicted molar refractivity (Wildman–Crippen MR) is 118 cm³/mol. The average molecular weight is 552 g/mol. The fourth-order valence-electron chi connectivity index (χ4n) is 4.72. The van der Waals surface area contributed by atoms with Gasteiger partial charge >= 0.3 is 12.5 Å². The Hall–Kier alpha value is -2.84. The van der Waals surface area contributed by atoms with Crippen molar-refractivity contribution in [3.63, 3.8) is 0 Å². The Morgan fingerprint density at radius 2 is 1.46 bits per heavy atom. The van der Waals surface area contributed by atoms with Crippen LogP contribution in [-0.2, 0) is 14.8 Å². The molecule has 1 amide bonds. The number of amides is 1. The quantitative estimate of drug-likeness (QED) is 0.557. The van der Waals surface area contributed by atoms with E-state index in [2.05, 4.69) is 4.74 Å². The zero-order valence-electron chi connectivity index (χ0n) is 19.1. The van der Waals surface area contributed by atoms with E-state index in [1.165, 1.54) is 29.2 Å². The van der Waals surface area contributed by atoms with Gasteiger partial charge in [-0.1, -0.05) is 24.3 Å². The predicted octanol–water partition coefficient (Wildman–Crippen LogP) is 4.39. The number of anilines is 1. The van der Waals surface area contributed by atoms with Crippen LogP contribution in [0.1, 0.15) is 30.9 Å². The van der Waals surface area contributed by atoms with Gasteiger partial charge in [-0.25, -0.2) is 8.42 Å². The molecule has 2 aromatic rings. The summed E-state index contributed by atoms with van der Waals surface area (Å²) in [5.74, 6) is -1.16. The van der Waals surface area contributed by atoms with E-state index in [9.17, 15) is 44.7 Å². The number of sulfonamides is 1. The highest BCUT2D eigenvalue weighted by molar-refractivity contribution is 7.89. The van der Waals surface area contributed by atoms with Crippen LogP contribution >= 0.6 is 0 Å². The van der Waals surface area contributed by atoms with Crippen LogP contribution in [0, 0.1) is 5.41 Å². The fourth-order valence-corrected chi connectivity index (χ4v) is 6.28. The molecule has 2 saturated heterocycles. The highest BCUT2D eigenvalue weighted by Crippen LogP contribution is 2.45. The number of hydrogen-bond donors (Lipinski definition) is 1. The molecule has 4 rings (SSSR count). The van der Waals surface area contributed by atoms with Crippen LogP contribution in [0.3, 0.4) is 0 Å². The average Bonchev–Trinajstić information content (AvgIpc) is 3.13. The largest absolute Gasteiger partial charge is 0.573 e. The molecule has 2 aliphatic heterocycles. The number of para-hydroxylation sites is 1. The number of hydrogen-bond acceptors (Lipinski definition) is 5. The Morgan fingerprint density at radius 3 is 2.03 bits per heavy atom. The van der Waals surface area contributed by atoms with Crippen LogP contribution in [0.25, 0.3) is 0 Å². The number of rotatable bonds is 5. The molecule has 202 valence electrons. The van der Waals surface area contributed by atoms with Crippen LogP contribution in [0.15, 0.2) is 53.4 Å². The Bertz CT molecular complexity index is 1260. The van der Waals surface area contributed by atoms with Gasteiger partial charge in [-0.05, 0) is 49.1 Å². The molecule has 1 N–H and O–H groups in total. The lowest BCUT2D eigenvalue weighted by Gasteiger charge is -2.37. The maximum absolute atomic E-state index is 13.3. The van der Waals surface area contributed by atoms with Gasteiger partial charge in [0.1, 0.15) is 10.6 Å². The summed E-state index contributed by atoms with van der Waals surface area (Å²) >= 11 is 0. The highest BCUT2D eigenvalue weighted by Gasteiger charge is 2.50. The lowest BCUT2D eigenvalue weighted by molar-refractivity contribution is -0.275. The van der Waals surface area contributed by atoms with Gasteiger partial charge in [0.15, 0.2) is 6.10 Å². The summed E-state index contributed by atoms with van der Waals surface area (Å²) in [7, 11) is -4.35. The van der Waals surface area contributed by atoms with Crippen molar-refractivity contribution in [2.75, 3.05) is 24.5 Å². The molecule has 2 aromatic carbocycles. The number of nitrogens with zero attached hydrogens (tertiary/aromatic N) is 2. The Labute approximate surface area is 208 Å². The molecule has 2 aliphatic rings. The smallest absolute Gasteiger partial charge is 0.404 e. The summed E-state index contributed by atoms with van der Waals surface area (Å²) in [6.45, 7) is 0.0347. The standard InChI is InChI=1S/C23H22F6N2O5S/c24-22(25,26)19(32)15-5-7-16(8-6-15)31-14-11-21(20(31)33)9-12-30(13-10-21)37(34,35)18-4-2-1-3-17(18)36-23(27,28)29/h1-8,19,32H,9-14H2. The van der Waals surface area contributed by atoms with Gasteiger partial charge in [0.25, 0.3) is 0 Å².